The molecule has 0 saturated carbocycles. The van der Waals surface area contributed by atoms with E-state index in [-0.39, 0.29) is 5.91 Å². The van der Waals surface area contributed by atoms with Crippen molar-refractivity contribution in [1.82, 2.24) is 0 Å². The lowest BCUT2D eigenvalue weighted by atomic mass is 10.3. The Morgan fingerprint density at radius 1 is 1.43 bits per heavy atom. The van der Waals surface area contributed by atoms with E-state index < -0.39 is 0 Å². The molecule has 0 spiro atoms. The summed E-state index contributed by atoms with van der Waals surface area (Å²) in [5.74, 6) is 0.788. The van der Waals surface area contributed by atoms with Gasteiger partial charge in [0.1, 0.15) is 5.75 Å². The molecule has 1 aromatic carbocycles. The minimum atomic E-state index is 0.00652. The van der Waals surface area contributed by atoms with Gasteiger partial charge in [-0.05, 0) is 24.3 Å². The average Bonchev–Trinajstić information content (AvgIpc) is 2.19. The number of halogens is 1. The highest BCUT2D eigenvalue weighted by Gasteiger charge is 2.00. The Bertz CT molecular complexity index is 297. The summed E-state index contributed by atoms with van der Waals surface area (Å²) in [5, 5.41) is 3.45. The van der Waals surface area contributed by atoms with Crippen LogP contribution in [0.15, 0.2) is 24.3 Å². The Morgan fingerprint density at radius 3 is 2.57 bits per heavy atom. The molecule has 0 saturated heterocycles. The van der Waals surface area contributed by atoms with Gasteiger partial charge in [0.25, 0.3) is 0 Å². The Labute approximate surface area is 91.6 Å². The van der Waals surface area contributed by atoms with Crippen LogP contribution in [-0.4, -0.2) is 18.3 Å². The fraction of sp³-hybridized carbons (Fsp3) is 0.300. The Morgan fingerprint density at radius 2 is 2.07 bits per heavy atom. The molecule has 0 aliphatic rings. The van der Waals surface area contributed by atoms with Gasteiger partial charge in [-0.15, -0.1) is 0 Å². The topological polar surface area (TPSA) is 38.3 Å². The number of amides is 1. The standard InChI is InChI=1S/C10H12BrNO2/c1-14-9-4-2-8(3-5-9)12-10(13)6-7-11/h2-5H,6-7H2,1H3,(H,12,13). The first-order valence-corrected chi connectivity index (χ1v) is 5.38. The second-order valence-electron chi connectivity index (χ2n) is 2.72. The molecule has 76 valence electrons. The smallest absolute Gasteiger partial charge is 0.225 e. The van der Waals surface area contributed by atoms with E-state index in [9.17, 15) is 4.79 Å². The lowest BCUT2D eigenvalue weighted by Gasteiger charge is -2.04. The van der Waals surface area contributed by atoms with E-state index in [1.54, 1.807) is 7.11 Å². The molecule has 0 heterocycles. The van der Waals surface area contributed by atoms with E-state index in [4.69, 9.17) is 4.74 Å². The van der Waals surface area contributed by atoms with E-state index >= 15 is 0 Å². The molecule has 3 nitrogen and oxygen atoms in total. The molecule has 1 rings (SSSR count). The first-order valence-electron chi connectivity index (χ1n) is 4.26. The zero-order valence-electron chi connectivity index (χ0n) is 7.92. The molecule has 0 aliphatic heterocycles. The van der Waals surface area contributed by atoms with Gasteiger partial charge in [-0.1, -0.05) is 15.9 Å². The van der Waals surface area contributed by atoms with E-state index in [0.717, 1.165) is 11.4 Å². The molecule has 1 aromatic rings. The van der Waals surface area contributed by atoms with Crippen molar-refractivity contribution in [2.75, 3.05) is 17.8 Å². The van der Waals surface area contributed by atoms with E-state index in [1.165, 1.54) is 0 Å². The van der Waals surface area contributed by atoms with Crippen molar-refractivity contribution < 1.29 is 9.53 Å². The van der Waals surface area contributed by atoms with Gasteiger partial charge in [0.05, 0.1) is 7.11 Å². The number of nitrogens with one attached hydrogen (secondary N) is 1. The van der Waals surface area contributed by atoms with Crippen LogP contribution >= 0.6 is 15.9 Å². The monoisotopic (exact) mass is 257 g/mol. The number of benzene rings is 1. The average molecular weight is 258 g/mol. The summed E-state index contributed by atoms with van der Waals surface area (Å²) in [5.41, 5.74) is 0.789. The van der Waals surface area contributed by atoms with Crippen molar-refractivity contribution in [3.8, 4) is 5.75 Å². The van der Waals surface area contributed by atoms with Crippen LogP contribution in [0.3, 0.4) is 0 Å². The number of hydrogen-bond acceptors (Lipinski definition) is 2. The highest BCUT2D eigenvalue weighted by molar-refractivity contribution is 9.09. The van der Waals surface area contributed by atoms with Gasteiger partial charge in [-0.3, -0.25) is 4.79 Å². The molecular weight excluding hydrogens is 246 g/mol. The van der Waals surface area contributed by atoms with Gasteiger partial charge in [0, 0.05) is 17.4 Å². The zero-order valence-corrected chi connectivity index (χ0v) is 9.50. The third kappa shape index (κ3) is 3.38. The normalized spacial score (nSPS) is 9.57. The van der Waals surface area contributed by atoms with Crippen molar-refractivity contribution in [2.45, 2.75) is 6.42 Å². The molecular formula is C10H12BrNO2. The highest BCUT2D eigenvalue weighted by Crippen LogP contribution is 2.15. The van der Waals surface area contributed by atoms with Crippen LogP contribution in [0.1, 0.15) is 6.42 Å². The number of alkyl halides is 1. The van der Waals surface area contributed by atoms with Crippen molar-refractivity contribution in [3.63, 3.8) is 0 Å². The maximum absolute atomic E-state index is 11.2. The summed E-state index contributed by atoms with van der Waals surface area (Å²) in [6, 6.07) is 7.24. The summed E-state index contributed by atoms with van der Waals surface area (Å²) in [6.07, 6.45) is 0.478. The minimum Gasteiger partial charge on any atom is -0.497 e. The van der Waals surface area contributed by atoms with Crippen LogP contribution in [0.25, 0.3) is 0 Å². The van der Waals surface area contributed by atoms with Gasteiger partial charge in [-0.25, -0.2) is 0 Å². The fourth-order valence-corrected chi connectivity index (χ4v) is 1.34. The quantitative estimate of drug-likeness (QED) is 0.842. The molecule has 1 amide bonds. The third-order valence-electron chi connectivity index (χ3n) is 1.70. The number of carbonyl (C=O) groups is 1. The predicted molar refractivity (Wildman–Crippen MR) is 60.0 cm³/mol. The summed E-state index contributed by atoms with van der Waals surface area (Å²) in [6.45, 7) is 0. The van der Waals surface area contributed by atoms with Crippen LogP contribution in [0, 0.1) is 0 Å². The molecule has 14 heavy (non-hydrogen) atoms. The van der Waals surface area contributed by atoms with E-state index in [0.29, 0.717) is 11.8 Å². The van der Waals surface area contributed by atoms with Crippen LogP contribution in [0.4, 0.5) is 5.69 Å². The second-order valence-corrected chi connectivity index (χ2v) is 3.51. The number of hydrogen-bond donors (Lipinski definition) is 1. The van der Waals surface area contributed by atoms with Gasteiger partial charge in [0.2, 0.25) is 5.91 Å². The molecule has 0 radical (unpaired) electrons. The van der Waals surface area contributed by atoms with Crippen LogP contribution in [0.5, 0.6) is 5.75 Å². The number of methoxy groups -OCH3 is 1. The largest absolute Gasteiger partial charge is 0.497 e. The van der Waals surface area contributed by atoms with Crippen molar-refractivity contribution >= 4 is 27.5 Å². The number of ether oxygens (including phenoxy) is 1. The van der Waals surface area contributed by atoms with E-state index in [1.807, 2.05) is 24.3 Å². The predicted octanol–water partition coefficient (Wildman–Crippen LogP) is 2.42. The maximum Gasteiger partial charge on any atom is 0.225 e. The second kappa shape index (κ2) is 5.65. The summed E-state index contributed by atoms with van der Waals surface area (Å²) in [4.78, 5) is 11.2. The first-order chi connectivity index (χ1) is 6.76. The fourth-order valence-electron chi connectivity index (χ4n) is 0.984. The maximum atomic E-state index is 11.2. The molecule has 1 N–H and O–H groups in total. The van der Waals surface area contributed by atoms with Crippen molar-refractivity contribution in [2.24, 2.45) is 0 Å². The SMILES string of the molecule is COc1ccc(NC(=O)CCBr)cc1. The summed E-state index contributed by atoms with van der Waals surface area (Å²) >= 11 is 3.21. The molecule has 0 atom stereocenters. The van der Waals surface area contributed by atoms with Gasteiger partial charge in [0.15, 0.2) is 0 Å². The molecule has 0 unspecified atom stereocenters. The molecule has 4 heteroatoms. The minimum absolute atomic E-state index is 0.00652. The Hall–Kier alpha value is -1.03. The van der Waals surface area contributed by atoms with Crippen molar-refractivity contribution in [3.05, 3.63) is 24.3 Å². The Balaban J connectivity index is 2.55. The lowest BCUT2D eigenvalue weighted by Crippen LogP contribution is -2.11. The lowest BCUT2D eigenvalue weighted by molar-refractivity contribution is -0.115. The molecule has 0 fully saturated rings. The van der Waals surface area contributed by atoms with Crippen LogP contribution < -0.4 is 10.1 Å². The molecule has 0 bridgehead atoms. The van der Waals surface area contributed by atoms with Gasteiger partial charge in [-0.2, -0.15) is 0 Å². The first kappa shape index (κ1) is 11.0. The Kier molecular flexibility index (Phi) is 4.46. The molecule has 0 aromatic heterocycles. The van der Waals surface area contributed by atoms with Crippen molar-refractivity contribution in [1.29, 1.82) is 0 Å². The van der Waals surface area contributed by atoms with Crippen LogP contribution in [-0.2, 0) is 4.79 Å². The molecule has 0 aliphatic carbocycles. The summed E-state index contributed by atoms with van der Waals surface area (Å²) in [7, 11) is 1.61. The highest BCUT2D eigenvalue weighted by atomic mass is 79.9. The van der Waals surface area contributed by atoms with E-state index in [2.05, 4.69) is 21.2 Å². The number of anilines is 1. The van der Waals surface area contributed by atoms with Gasteiger partial charge < -0.3 is 10.1 Å². The zero-order chi connectivity index (χ0) is 10.4. The summed E-state index contributed by atoms with van der Waals surface area (Å²) < 4.78 is 5.00. The number of rotatable bonds is 4. The third-order valence-corrected chi connectivity index (χ3v) is 2.09. The number of carbonyl (C=O) groups excluding carboxylic acids is 1. The van der Waals surface area contributed by atoms with Crippen LogP contribution in [0.2, 0.25) is 0 Å². The van der Waals surface area contributed by atoms with Gasteiger partial charge >= 0.3 is 0 Å².